The predicted octanol–water partition coefficient (Wildman–Crippen LogP) is 0.297. The molecule has 0 aliphatic heterocycles. The number of aromatic hydroxyl groups is 1. The number of aromatic nitrogens is 1. The Morgan fingerprint density at radius 1 is 1.91 bits per heavy atom. The molecule has 1 unspecified atom stereocenters. The topological polar surface area (TPSA) is 62.2 Å². The van der Waals surface area contributed by atoms with Gasteiger partial charge in [-0.1, -0.05) is 11.3 Å². The van der Waals surface area contributed by atoms with Crippen LogP contribution in [0.1, 0.15) is 5.69 Å². The van der Waals surface area contributed by atoms with E-state index in [4.69, 9.17) is 5.11 Å². The molecule has 6 heteroatoms. The molecule has 0 spiro atoms. The monoisotopic (exact) mass is 190 g/mol. The molecule has 0 radical (unpaired) electrons. The fourth-order valence-corrected chi connectivity index (χ4v) is 1.24. The molecular weight excluding hydrogens is 183 g/mol. The highest BCUT2D eigenvalue weighted by Crippen LogP contribution is 2.15. The van der Waals surface area contributed by atoms with Gasteiger partial charge in [0.2, 0.25) is 5.91 Å². The van der Waals surface area contributed by atoms with Crippen LogP contribution in [0.15, 0.2) is 5.38 Å². The Morgan fingerprint density at radius 3 is 3.09 bits per heavy atom. The summed E-state index contributed by atoms with van der Waals surface area (Å²) in [6, 6.07) is 0. The maximum Gasteiger partial charge on any atom is 0.270 e. The minimum Gasteiger partial charge on any atom is -0.486 e. The van der Waals surface area contributed by atoms with E-state index in [1.54, 1.807) is 5.38 Å². The van der Waals surface area contributed by atoms with Crippen LogP contribution in [-0.4, -0.2) is 16.0 Å². The summed E-state index contributed by atoms with van der Waals surface area (Å²) in [6.45, 7) is 0. The summed E-state index contributed by atoms with van der Waals surface area (Å²) in [5, 5.41) is 12.8. The Hall–Kier alpha value is -0.670. The summed E-state index contributed by atoms with van der Waals surface area (Å²) in [5.41, 5.74) is 0.590. The first kappa shape index (κ1) is 8.43. The third-order valence-electron chi connectivity index (χ3n) is 1.04. The first-order valence-corrected chi connectivity index (χ1v) is 4.31. The minimum atomic E-state index is -0.139. The molecule has 2 N–H and O–H groups in total. The van der Waals surface area contributed by atoms with E-state index in [2.05, 4.69) is 19.5 Å². The standard InChI is InChI=1S/C5H7N2O2PS/c8-4(7-10)1-3-2-11-5(9)6-3/h2H,1,10H2,(H,6,9)(H,7,8). The van der Waals surface area contributed by atoms with Gasteiger partial charge in [-0.25, -0.2) is 4.98 Å². The number of carbonyl (C=O) groups excluding carboxylic acids is 1. The van der Waals surface area contributed by atoms with E-state index in [0.29, 0.717) is 5.69 Å². The van der Waals surface area contributed by atoms with Crippen molar-refractivity contribution >= 4 is 26.6 Å². The quantitative estimate of drug-likeness (QED) is 0.659. The Morgan fingerprint density at radius 2 is 2.64 bits per heavy atom. The van der Waals surface area contributed by atoms with Crippen LogP contribution >= 0.6 is 20.7 Å². The molecule has 1 amide bonds. The second-order valence-corrected chi connectivity index (χ2v) is 2.99. The molecule has 11 heavy (non-hydrogen) atoms. The Balaban J connectivity index is 2.57. The zero-order chi connectivity index (χ0) is 8.27. The lowest BCUT2D eigenvalue weighted by molar-refractivity contribution is -0.118. The van der Waals surface area contributed by atoms with Crippen LogP contribution in [0.5, 0.6) is 5.19 Å². The van der Waals surface area contributed by atoms with Gasteiger partial charge >= 0.3 is 0 Å². The molecule has 1 heterocycles. The number of hydrogen-bond acceptors (Lipinski definition) is 4. The van der Waals surface area contributed by atoms with Gasteiger partial charge in [-0.2, -0.15) is 0 Å². The average molecular weight is 190 g/mol. The summed E-state index contributed by atoms with van der Waals surface area (Å²) < 4.78 is 0. The summed E-state index contributed by atoms with van der Waals surface area (Å²) in [5.74, 6) is -0.139. The second-order valence-electron chi connectivity index (χ2n) is 1.87. The molecular formula is C5H7N2O2PS. The highest BCUT2D eigenvalue weighted by atomic mass is 32.1. The van der Waals surface area contributed by atoms with Crippen LogP contribution in [-0.2, 0) is 11.2 Å². The molecule has 1 rings (SSSR count). The summed E-state index contributed by atoms with van der Waals surface area (Å²) >= 11 is 1.11. The van der Waals surface area contributed by atoms with Gasteiger partial charge in [-0.05, 0) is 9.39 Å². The normalized spacial score (nSPS) is 9.55. The Bertz CT molecular complexity index is 263. The third-order valence-corrected chi connectivity index (χ3v) is 2.06. The third kappa shape index (κ3) is 2.44. The molecule has 0 aliphatic carbocycles. The Kier molecular flexibility index (Phi) is 2.79. The minimum absolute atomic E-state index is 0.00319. The second kappa shape index (κ2) is 3.64. The number of nitrogens with one attached hydrogen (secondary N) is 1. The number of amides is 1. The number of nitrogens with zero attached hydrogens (tertiary/aromatic N) is 1. The molecule has 1 aromatic heterocycles. The molecule has 0 saturated carbocycles. The van der Waals surface area contributed by atoms with E-state index >= 15 is 0 Å². The van der Waals surface area contributed by atoms with E-state index in [9.17, 15) is 4.79 Å². The van der Waals surface area contributed by atoms with Crippen LogP contribution in [0.25, 0.3) is 0 Å². The molecule has 0 fully saturated rings. The molecule has 0 bridgehead atoms. The van der Waals surface area contributed by atoms with Crippen molar-refractivity contribution in [1.29, 1.82) is 0 Å². The SMILES string of the molecule is O=C(Cc1csc(O)n1)NP. The number of rotatable bonds is 2. The van der Waals surface area contributed by atoms with Gasteiger partial charge in [-0.3, -0.25) is 4.79 Å². The Labute approximate surface area is 69.9 Å². The predicted molar refractivity (Wildman–Crippen MR) is 45.3 cm³/mol. The molecule has 1 atom stereocenters. The van der Waals surface area contributed by atoms with Crippen LogP contribution in [0.4, 0.5) is 0 Å². The highest BCUT2D eigenvalue weighted by Gasteiger charge is 2.04. The van der Waals surface area contributed by atoms with E-state index in [-0.39, 0.29) is 17.5 Å². The van der Waals surface area contributed by atoms with Gasteiger partial charge in [0.25, 0.3) is 5.19 Å². The first-order chi connectivity index (χ1) is 5.22. The summed E-state index contributed by atoms with van der Waals surface area (Å²) in [4.78, 5) is 14.4. The van der Waals surface area contributed by atoms with Gasteiger partial charge in [-0.15, -0.1) is 0 Å². The van der Waals surface area contributed by atoms with Crippen molar-refractivity contribution in [3.05, 3.63) is 11.1 Å². The zero-order valence-electron chi connectivity index (χ0n) is 5.57. The van der Waals surface area contributed by atoms with Crippen LogP contribution in [0, 0.1) is 0 Å². The number of thiazole rings is 1. The van der Waals surface area contributed by atoms with Crippen molar-refractivity contribution in [2.75, 3.05) is 0 Å². The molecule has 4 nitrogen and oxygen atoms in total. The van der Waals surface area contributed by atoms with Crippen molar-refractivity contribution in [2.24, 2.45) is 0 Å². The molecule has 0 aliphatic rings. The zero-order valence-corrected chi connectivity index (χ0v) is 7.54. The first-order valence-electron chi connectivity index (χ1n) is 2.85. The lowest BCUT2D eigenvalue weighted by Gasteiger charge is -1.93. The highest BCUT2D eigenvalue weighted by molar-refractivity contribution is 7.15. The lowest BCUT2D eigenvalue weighted by Crippen LogP contribution is -2.14. The fraction of sp³-hybridized carbons (Fsp3) is 0.200. The van der Waals surface area contributed by atoms with E-state index < -0.39 is 0 Å². The number of hydrogen-bond donors (Lipinski definition) is 2. The maximum atomic E-state index is 10.7. The van der Waals surface area contributed by atoms with Crippen LogP contribution in [0.3, 0.4) is 0 Å². The van der Waals surface area contributed by atoms with Crippen molar-refractivity contribution in [3.8, 4) is 5.19 Å². The van der Waals surface area contributed by atoms with E-state index in [1.807, 2.05) is 0 Å². The fourth-order valence-electron chi connectivity index (χ4n) is 0.593. The van der Waals surface area contributed by atoms with Crippen molar-refractivity contribution in [3.63, 3.8) is 0 Å². The smallest absolute Gasteiger partial charge is 0.270 e. The summed E-state index contributed by atoms with van der Waals surface area (Å²) in [6.07, 6.45) is 0.209. The van der Waals surface area contributed by atoms with Gasteiger partial charge in [0.1, 0.15) is 0 Å². The van der Waals surface area contributed by atoms with Gasteiger partial charge in [0.05, 0.1) is 12.1 Å². The molecule has 0 aromatic carbocycles. The van der Waals surface area contributed by atoms with Gasteiger partial charge in [0, 0.05) is 5.38 Å². The van der Waals surface area contributed by atoms with Gasteiger partial charge < -0.3 is 10.2 Å². The van der Waals surface area contributed by atoms with Crippen molar-refractivity contribution in [1.82, 2.24) is 10.1 Å². The van der Waals surface area contributed by atoms with Crippen LogP contribution in [0.2, 0.25) is 0 Å². The average Bonchev–Trinajstić information content (AvgIpc) is 2.35. The largest absolute Gasteiger partial charge is 0.486 e. The lowest BCUT2D eigenvalue weighted by atomic mass is 10.3. The van der Waals surface area contributed by atoms with E-state index in [0.717, 1.165) is 11.3 Å². The van der Waals surface area contributed by atoms with E-state index in [1.165, 1.54) is 0 Å². The molecule has 1 aromatic rings. The van der Waals surface area contributed by atoms with Crippen molar-refractivity contribution in [2.45, 2.75) is 6.42 Å². The summed E-state index contributed by atoms with van der Waals surface area (Å²) in [7, 11) is 2.11. The van der Waals surface area contributed by atoms with Crippen molar-refractivity contribution < 1.29 is 9.90 Å². The molecule has 0 saturated heterocycles. The van der Waals surface area contributed by atoms with Gasteiger partial charge in [0.15, 0.2) is 0 Å². The molecule has 60 valence electrons. The number of carbonyl (C=O) groups is 1. The van der Waals surface area contributed by atoms with Crippen LogP contribution < -0.4 is 5.09 Å². The maximum absolute atomic E-state index is 10.7.